The van der Waals surface area contributed by atoms with Gasteiger partial charge in [0.15, 0.2) is 0 Å². The number of aryl methyl sites for hydroxylation is 1. The van der Waals surface area contributed by atoms with Gasteiger partial charge in [0.1, 0.15) is 12.6 Å². The number of anilines is 1. The van der Waals surface area contributed by atoms with Gasteiger partial charge in [-0.3, -0.25) is 13.9 Å². The van der Waals surface area contributed by atoms with Gasteiger partial charge in [0, 0.05) is 28.5 Å². The Labute approximate surface area is 253 Å². The van der Waals surface area contributed by atoms with E-state index < -0.39 is 34.1 Å². The van der Waals surface area contributed by atoms with Crippen LogP contribution in [-0.2, 0) is 39.0 Å². The number of sulfonamides is 1. The number of halogens is 2. The summed E-state index contributed by atoms with van der Waals surface area (Å²) in [5, 5.41) is 3.77. The number of nitrogens with one attached hydrogen (secondary N) is 1. The number of nitrogens with zero attached hydrogens (tertiary/aromatic N) is 2. The quantitative estimate of drug-likeness (QED) is 0.291. The van der Waals surface area contributed by atoms with Crippen LogP contribution >= 0.6 is 23.2 Å². The molecule has 41 heavy (non-hydrogen) atoms. The van der Waals surface area contributed by atoms with E-state index in [9.17, 15) is 18.0 Å². The predicted molar refractivity (Wildman–Crippen MR) is 167 cm³/mol. The van der Waals surface area contributed by atoms with Crippen molar-refractivity contribution in [2.45, 2.75) is 58.7 Å². The zero-order chi connectivity index (χ0) is 30.4. The summed E-state index contributed by atoms with van der Waals surface area (Å²) >= 11 is 12.6. The molecule has 0 aromatic heterocycles. The van der Waals surface area contributed by atoms with Crippen LogP contribution in [0.4, 0.5) is 5.69 Å². The molecule has 0 aliphatic carbocycles. The molecule has 0 saturated heterocycles. The summed E-state index contributed by atoms with van der Waals surface area (Å²) in [5.74, 6) is -0.906. The molecule has 220 valence electrons. The molecule has 0 heterocycles. The predicted octanol–water partition coefficient (Wildman–Crippen LogP) is 5.88. The van der Waals surface area contributed by atoms with Gasteiger partial charge in [-0.15, -0.1) is 0 Å². The van der Waals surface area contributed by atoms with Crippen molar-refractivity contribution in [2.75, 3.05) is 17.1 Å². The molecule has 0 unspecified atom stereocenters. The minimum Gasteiger partial charge on any atom is -0.350 e. The molecule has 0 spiro atoms. The SMILES string of the molecule is CCc1ccccc1N(CC(=O)N(Cc1ccc(Cl)cc1Cl)[C@H](Cc1ccccc1)C(=O)NC(C)(C)C)S(C)(=O)=O. The summed E-state index contributed by atoms with van der Waals surface area (Å²) in [6.45, 7) is 6.98. The number of benzene rings is 3. The van der Waals surface area contributed by atoms with Crippen LogP contribution in [0, 0.1) is 0 Å². The highest BCUT2D eigenvalue weighted by Gasteiger charge is 2.35. The van der Waals surface area contributed by atoms with Crippen LogP contribution in [0.5, 0.6) is 0 Å². The summed E-state index contributed by atoms with van der Waals surface area (Å²) in [5.41, 5.74) is 2.06. The number of para-hydroxylation sites is 1. The Morgan fingerprint density at radius 3 is 2.15 bits per heavy atom. The molecular weight excluding hydrogens is 581 g/mol. The normalized spacial score (nSPS) is 12.5. The Balaban J connectivity index is 2.12. The summed E-state index contributed by atoms with van der Waals surface area (Å²) in [6, 6.07) is 20.4. The Morgan fingerprint density at radius 1 is 0.927 bits per heavy atom. The molecule has 3 rings (SSSR count). The Morgan fingerprint density at radius 2 is 1.56 bits per heavy atom. The van der Waals surface area contributed by atoms with Gasteiger partial charge in [0.2, 0.25) is 21.8 Å². The maximum atomic E-state index is 14.2. The molecule has 0 fully saturated rings. The van der Waals surface area contributed by atoms with Crippen molar-refractivity contribution < 1.29 is 18.0 Å². The first-order chi connectivity index (χ1) is 19.2. The molecule has 0 radical (unpaired) electrons. The lowest BCUT2D eigenvalue weighted by Gasteiger charge is -2.35. The van der Waals surface area contributed by atoms with Crippen LogP contribution in [0.1, 0.15) is 44.4 Å². The molecule has 0 bridgehead atoms. The minimum atomic E-state index is -3.86. The Hall–Kier alpha value is -3.07. The van der Waals surface area contributed by atoms with Crippen LogP contribution in [0.2, 0.25) is 10.0 Å². The van der Waals surface area contributed by atoms with Crippen LogP contribution in [0.3, 0.4) is 0 Å². The van der Waals surface area contributed by atoms with E-state index in [2.05, 4.69) is 5.32 Å². The lowest BCUT2D eigenvalue weighted by atomic mass is 10.0. The van der Waals surface area contributed by atoms with Gasteiger partial charge in [0.25, 0.3) is 0 Å². The van der Waals surface area contributed by atoms with Crippen molar-refractivity contribution >= 4 is 50.7 Å². The molecule has 10 heteroatoms. The first kappa shape index (κ1) is 32.4. The topological polar surface area (TPSA) is 86.8 Å². The van der Waals surface area contributed by atoms with Crippen molar-refractivity contribution in [3.63, 3.8) is 0 Å². The van der Waals surface area contributed by atoms with Gasteiger partial charge in [0.05, 0.1) is 11.9 Å². The van der Waals surface area contributed by atoms with Crippen LogP contribution < -0.4 is 9.62 Å². The number of carbonyl (C=O) groups is 2. The monoisotopic (exact) mass is 617 g/mol. The van der Waals surface area contributed by atoms with Gasteiger partial charge >= 0.3 is 0 Å². The van der Waals surface area contributed by atoms with Crippen LogP contribution in [0.25, 0.3) is 0 Å². The van der Waals surface area contributed by atoms with Gasteiger partial charge in [-0.25, -0.2) is 8.42 Å². The average Bonchev–Trinajstić information content (AvgIpc) is 2.89. The highest BCUT2D eigenvalue weighted by atomic mass is 35.5. The smallest absolute Gasteiger partial charge is 0.244 e. The Kier molecular flexibility index (Phi) is 10.9. The molecule has 3 aromatic rings. The fourth-order valence-corrected chi connectivity index (χ4v) is 5.84. The van der Waals surface area contributed by atoms with Gasteiger partial charge in [-0.1, -0.05) is 84.7 Å². The van der Waals surface area contributed by atoms with E-state index in [1.54, 1.807) is 30.3 Å². The number of hydrogen-bond acceptors (Lipinski definition) is 4. The van der Waals surface area contributed by atoms with Crippen LogP contribution in [0.15, 0.2) is 72.8 Å². The van der Waals surface area contributed by atoms with Crippen molar-refractivity contribution in [1.29, 1.82) is 0 Å². The molecule has 0 saturated carbocycles. The zero-order valence-electron chi connectivity index (χ0n) is 24.0. The van der Waals surface area contributed by atoms with Crippen molar-refractivity contribution in [3.8, 4) is 0 Å². The molecule has 1 atom stereocenters. The Bertz CT molecular complexity index is 1470. The fourth-order valence-electron chi connectivity index (χ4n) is 4.49. The maximum Gasteiger partial charge on any atom is 0.244 e. The highest BCUT2D eigenvalue weighted by Crippen LogP contribution is 2.27. The number of carbonyl (C=O) groups excluding carboxylic acids is 2. The second kappa shape index (κ2) is 13.7. The standard InChI is InChI=1S/C31H37Cl2N3O4S/c1-6-23-14-10-11-15-27(23)36(41(5,39)40)21-29(37)35(20-24-16-17-25(32)19-26(24)33)28(30(38)34-31(2,3)4)18-22-12-8-7-9-13-22/h7-17,19,28H,6,18,20-21H2,1-5H3,(H,34,38)/t28-/m1/s1. The van der Waals surface area contributed by atoms with E-state index in [-0.39, 0.29) is 18.9 Å². The van der Waals surface area contributed by atoms with E-state index in [1.165, 1.54) is 4.90 Å². The zero-order valence-corrected chi connectivity index (χ0v) is 26.4. The first-order valence-corrected chi connectivity index (χ1v) is 15.9. The first-order valence-electron chi connectivity index (χ1n) is 13.3. The molecule has 7 nitrogen and oxygen atoms in total. The third-order valence-electron chi connectivity index (χ3n) is 6.45. The lowest BCUT2D eigenvalue weighted by molar-refractivity contribution is -0.140. The summed E-state index contributed by atoms with van der Waals surface area (Å²) in [4.78, 5) is 29.4. The van der Waals surface area contributed by atoms with Gasteiger partial charge in [-0.05, 0) is 62.1 Å². The third kappa shape index (κ3) is 9.21. The maximum absolute atomic E-state index is 14.2. The summed E-state index contributed by atoms with van der Waals surface area (Å²) < 4.78 is 27.2. The average molecular weight is 619 g/mol. The summed E-state index contributed by atoms with van der Waals surface area (Å²) in [7, 11) is -3.86. The van der Waals surface area contributed by atoms with E-state index >= 15 is 0 Å². The highest BCUT2D eigenvalue weighted by molar-refractivity contribution is 7.92. The largest absolute Gasteiger partial charge is 0.350 e. The molecule has 2 amide bonds. The molecule has 0 aliphatic rings. The molecule has 3 aromatic carbocycles. The van der Waals surface area contributed by atoms with E-state index in [4.69, 9.17) is 23.2 Å². The van der Waals surface area contributed by atoms with Gasteiger partial charge < -0.3 is 10.2 Å². The molecule has 1 N–H and O–H groups in total. The minimum absolute atomic E-state index is 0.0308. The van der Waals surface area contributed by atoms with E-state index in [0.29, 0.717) is 27.7 Å². The van der Waals surface area contributed by atoms with Gasteiger partial charge in [-0.2, -0.15) is 0 Å². The van der Waals surface area contributed by atoms with Crippen LogP contribution in [-0.4, -0.2) is 49.5 Å². The summed E-state index contributed by atoms with van der Waals surface area (Å²) in [6.07, 6.45) is 1.86. The van der Waals surface area contributed by atoms with Crippen molar-refractivity contribution in [2.24, 2.45) is 0 Å². The molecular formula is C31H37Cl2N3O4S. The lowest BCUT2D eigenvalue weighted by Crippen LogP contribution is -2.56. The van der Waals surface area contributed by atoms with E-state index in [1.807, 2.05) is 70.2 Å². The van der Waals surface area contributed by atoms with Crippen molar-refractivity contribution in [3.05, 3.63) is 99.5 Å². The molecule has 0 aliphatic heterocycles. The second-order valence-corrected chi connectivity index (χ2v) is 13.7. The number of hydrogen-bond donors (Lipinski definition) is 1. The second-order valence-electron chi connectivity index (χ2n) is 11.0. The third-order valence-corrected chi connectivity index (χ3v) is 8.16. The van der Waals surface area contributed by atoms with Crippen molar-refractivity contribution in [1.82, 2.24) is 10.2 Å². The van der Waals surface area contributed by atoms with E-state index in [0.717, 1.165) is 21.7 Å². The number of rotatable bonds is 11. The number of amides is 2. The fraction of sp³-hybridized carbons (Fsp3) is 0.355.